The summed E-state index contributed by atoms with van der Waals surface area (Å²) in [7, 11) is -1.29. The van der Waals surface area contributed by atoms with E-state index in [9.17, 15) is 17.2 Å². The molecule has 0 amide bonds. The van der Waals surface area contributed by atoms with Crippen LogP contribution < -0.4 is 10.1 Å². The van der Waals surface area contributed by atoms with E-state index >= 15 is 0 Å². The second-order valence-electron chi connectivity index (χ2n) is 5.53. The highest BCUT2D eigenvalue weighted by Crippen LogP contribution is 2.31. The van der Waals surface area contributed by atoms with Crippen LogP contribution in [0, 0.1) is 11.8 Å². The van der Waals surface area contributed by atoms with Crippen LogP contribution in [0.2, 0.25) is 0 Å². The summed E-state index contributed by atoms with van der Waals surface area (Å²) in [5, 5.41) is 2.41. The molecule has 0 saturated heterocycles. The Labute approximate surface area is 166 Å². The van der Waals surface area contributed by atoms with Gasteiger partial charge in [-0.05, 0) is 31.3 Å². The second-order valence-corrected chi connectivity index (χ2v) is 7.29. The molecule has 3 rings (SSSR count). The molecule has 0 spiro atoms. The molecular formula is C17H17ClF2N4O3S. The van der Waals surface area contributed by atoms with Crippen molar-refractivity contribution in [2.75, 3.05) is 14.2 Å². The molecule has 28 heavy (non-hydrogen) atoms. The van der Waals surface area contributed by atoms with Crippen LogP contribution >= 0.6 is 12.4 Å². The normalized spacial score (nSPS) is 11.1. The maximum Gasteiger partial charge on any atom is 0.285 e. The number of ether oxygens (including phenoxy) is 1. The number of pyridine rings is 2. The van der Waals surface area contributed by atoms with E-state index in [2.05, 4.69) is 15.3 Å². The largest absolute Gasteiger partial charge is 0.495 e. The fourth-order valence-corrected chi connectivity index (χ4v) is 3.87. The molecule has 0 aliphatic carbocycles. The highest BCUT2D eigenvalue weighted by Gasteiger charge is 2.29. The van der Waals surface area contributed by atoms with Crippen molar-refractivity contribution in [1.82, 2.24) is 19.3 Å². The smallest absolute Gasteiger partial charge is 0.285 e. The number of methoxy groups -OCH3 is 1. The highest BCUT2D eigenvalue weighted by molar-refractivity contribution is 7.90. The minimum atomic E-state index is -4.29. The lowest BCUT2D eigenvalue weighted by molar-refractivity contribution is 0.412. The van der Waals surface area contributed by atoms with Gasteiger partial charge in [0.2, 0.25) is 5.95 Å². The van der Waals surface area contributed by atoms with Gasteiger partial charge in [0, 0.05) is 24.5 Å². The first-order chi connectivity index (χ1) is 12.9. The van der Waals surface area contributed by atoms with E-state index in [4.69, 9.17) is 4.74 Å². The Bertz CT molecular complexity index is 1070. The summed E-state index contributed by atoms with van der Waals surface area (Å²) in [4.78, 5) is 7.34. The number of hydrogen-bond acceptors (Lipinski definition) is 6. The van der Waals surface area contributed by atoms with Gasteiger partial charge in [0.1, 0.15) is 11.4 Å². The topological polar surface area (TPSA) is 86.1 Å². The Morgan fingerprint density at radius 2 is 1.96 bits per heavy atom. The molecule has 0 unspecified atom stereocenters. The summed E-state index contributed by atoms with van der Waals surface area (Å²) in [6, 6.07) is 5.30. The van der Waals surface area contributed by atoms with E-state index < -0.39 is 27.5 Å². The second kappa shape index (κ2) is 8.63. The van der Waals surface area contributed by atoms with Crippen LogP contribution in [-0.2, 0) is 16.6 Å². The summed E-state index contributed by atoms with van der Waals surface area (Å²) < 4.78 is 60.9. The molecule has 3 heterocycles. The van der Waals surface area contributed by atoms with Gasteiger partial charge >= 0.3 is 0 Å². The first kappa shape index (κ1) is 21.7. The molecule has 150 valence electrons. The van der Waals surface area contributed by atoms with Gasteiger partial charge in [-0.15, -0.1) is 12.4 Å². The third kappa shape index (κ3) is 3.84. The van der Waals surface area contributed by atoms with Crippen LogP contribution in [-0.4, -0.2) is 36.5 Å². The van der Waals surface area contributed by atoms with Gasteiger partial charge in [-0.2, -0.15) is 12.8 Å². The lowest BCUT2D eigenvalue weighted by Crippen LogP contribution is -2.15. The van der Waals surface area contributed by atoms with E-state index in [1.165, 1.54) is 43.8 Å². The molecule has 0 aliphatic heterocycles. The van der Waals surface area contributed by atoms with Crippen LogP contribution in [0.5, 0.6) is 5.75 Å². The monoisotopic (exact) mass is 430 g/mol. The molecule has 0 aliphatic rings. The maximum atomic E-state index is 15.0. The Hall–Kier alpha value is -2.56. The molecule has 1 N–H and O–H groups in total. The summed E-state index contributed by atoms with van der Waals surface area (Å²) >= 11 is 0. The van der Waals surface area contributed by atoms with Gasteiger partial charge in [0.05, 0.1) is 18.9 Å². The maximum absolute atomic E-state index is 15.0. The van der Waals surface area contributed by atoms with Crippen molar-refractivity contribution < 1.29 is 21.9 Å². The summed E-state index contributed by atoms with van der Waals surface area (Å²) in [6.07, 6.45) is 3.53. The van der Waals surface area contributed by atoms with E-state index in [0.717, 1.165) is 6.20 Å². The van der Waals surface area contributed by atoms with Gasteiger partial charge in [0.15, 0.2) is 10.8 Å². The average Bonchev–Trinajstić information content (AvgIpc) is 3.00. The zero-order chi connectivity index (χ0) is 19.6. The number of nitrogens with one attached hydrogen (secondary N) is 1. The Morgan fingerprint density at radius 3 is 2.54 bits per heavy atom. The molecule has 0 radical (unpaired) electrons. The van der Waals surface area contributed by atoms with E-state index in [1.807, 2.05) is 0 Å². The Morgan fingerprint density at radius 1 is 1.21 bits per heavy atom. The predicted octanol–water partition coefficient (Wildman–Crippen LogP) is 2.61. The fourth-order valence-electron chi connectivity index (χ4n) is 2.56. The summed E-state index contributed by atoms with van der Waals surface area (Å²) in [5.41, 5.74) is -0.647. The quantitative estimate of drug-likeness (QED) is 0.605. The molecular weight excluding hydrogens is 414 g/mol. The zero-order valence-corrected chi connectivity index (χ0v) is 16.5. The Kier molecular flexibility index (Phi) is 6.70. The van der Waals surface area contributed by atoms with Gasteiger partial charge in [0.25, 0.3) is 10.0 Å². The first-order valence-corrected chi connectivity index (χ1v) is 9.25. The third-order valence-electron chi connectivity index (χ3n) is 3.83. The van der Waals surface area contributed by atoms with Crippen molar-refractivity contribution in [3.05, 3.63) is 60.2 Å². The average molecular weight is 431 g/mol. The van der Waals surface area contributed by atoms with E-state index in [-0.39, 0.29) is 35.1 Å². The summed E-state index contributed by atoms with van der Waals surface area (Å²) in [6.45, 7) is 0.0548. The van der Waals surface area contributed by atoms with Crippen molar-refractivity contribution in [3.63, 3.8) is 0 Å². The molecule has 7 nitrogen and oxygen atoms in total. The Balaban J connectivity index is 0.00000280. The van der Waals surface area contributed by atoms with Gasteiger partial charge in [-0.1, -0.05) is 0 Å². The molecule has 3 aromatic rings. The zero-order valence-electron chi connectivity index (χ0n) is 14.9. The molecule has 0 fully saturated rings. The molecule has 0 atom stereocenters. The third-order valence-corrected chi connectivity index (χ3v) is 5.41. The molecule has 11 heteroatoms. The minimum Gasteiger partial charge on any atom is -0.495 e. The predicted molar refractivity (Wildman–Crippen MR) is 101 cm³/mol. The van der Waals surface area contributed by atoms with Gasteiger partial charge in [-0.3, -0.25) is 0 Å². The highest BCUT2D eigenvalue weighted by atomic mass is 35.5. The van der Waals surface area contributed by atoms with Crippen molar-refractivity contribution in [2.24, 2.45) is 0 Å². The molecule has 0 saturated carbocycles. The van der Waals surface area contributed by atoms with E-state index in [1.54, 1.807) is 7.05 Å². The number of rotatable bonds is 6. The van der Waals surface area contributed by atoms with Gasteiger partial charge in [-0.25, -0.2) is 18.3 Å². The SMILES string of the molecule is CNCc1cn(S(=O)(=O)c2ccc(OC)cn2)c(-c2cccnc2F)c1F.Cl. The van der Waals surface area contributed by atoms with Crippen molar-refractivity contribution >= 4 is 22.4 Å². The summed E-state index contributed by atoms with van der Waals surface area (Å²) in [5.74, 6) is -1.47. The molecule has 0 bridgehead atoms. The van der Waals surface area contributed by atoms with Crippen molar-refractivity contribution in [1.29, 1.82) is 0 Å². The van der Waals surface area contributed by atoms with Crippen LogP contribution in [0.15, 0.2) is 47.9 Å². The number of nitrogens with zero attached hydrogens (tertiary/aromatic N) is 3. The van der Waals surface area contributed by atoms with E-state index in [0.29, 0.717) is 9.72 Å². The van der Waals surface area contributed by atoms with Crippen LogP contribution in [0.1, 0.15) is 5.56 Å². The number of hydrogen-bond donors (Lipinski definition) is 1. The van der Waals surface area contributed by atoms with Crippen LogP contribution in [0.4, 0.5) is 8.78 Å². The van der Waals surface area contributed by atoms with Gasteiger partial charge < -0.3 is 10.1 Å². The lowest BCUT2D eigenvalue weighted by Gasteiger charge is -2.10. The number of aromatic nitrogens is 3. The first-order valence-electron chi connectivity index (χ1n) is 7.81. The van der Waals surface area contributed by atoms with Crippen LogP contribution in [0.3, 0.4) is 0 Å². The number of halogens is 3. The van der Waals surface area contributed by atoms with Crippen molar-refractivity contribution in [2.45, 2.75) is 11.6 Å². The lowest BCUT2D eigenvalue weighted by atomic mass is 10.2. The van der Waals surface area contributed by atoms with Crippen molar-refractivity contribution in [3.8, 4) is 17.0 Å². The minimum absolute atomic E-state index is 0. The molecule has 3 aromatic heterocycles. The van der Waals surface area contributed by atoms with Crippen LogP contribution in [0.25, 0.3) is 11.3 Å². The standard InChI is InChI=1S/C17H16F2N4O3S.ClH/c1-20-8-11-10-23(16(15(11)18)13-4-3-7-21-17(13)19)27(24,25)14-6-5-12(26-2)9-22-14;/h3-7,9-10,20H,8H2,1-2H3;1H. The fraction of sp³-hybridized carbons (Fsp3) is 0.176. The molecule has 0 aromatic carbocycles.